The van der Waals surface area contributed by atoms with E-state index in [1.165, 1.54) is 11.0 Å². The number of anilines is 1. The number of carbonyl (C=O) groups is 3. The van der Waals surface area contributed by atoms with E-state index in [4.69, 9.17) is 0 Å². The zero-order valence-corrected chi connectivity index (χ0v) is 13.4. The highest BCUT2D eigenvalue weighted by Gasteiger charge is 2.46. The van der Waals surface area contributed by atoms with Gasteiger partial charge in [0, 0.05) is 13.0 Å². The van der Waals surface area contributed by atoms with Gasteiger partial charge in [0.2, 0.25) is 17.7 Å². The number of fused-ring (bicyclic) bond motifs is 1. The molecule has 2 unspecified atom stereocenters. The first-order valence-corrected chi connectivity index (χ1v) is 8.03. The molecule has 24 heavy (non-hydrogen) atoms. The monoisotopic (exact) mass is 330 g/mol. The van der Waals surface area contributed by atoms with Crippen LogP contribution in [0, 0.1) is 24.6 Å². The molecule has 1 aromatic rings. The molecule has 0 radical (unpaired) electrons. The number of halogens is 1. The van der Waals surface area contributed by atoms with E-state index in [9.17, 15) is 18.8 Å². The van der Waals surface area contributed by atoms with Gasteiger partial charge < -0.3 is 5.32 Å². The predicted molar refractivity (Wildman–Crippen MR) is 86.5 cm³/mol. The molecule has 2 aliphatic rings. The summed E-state index contributed by atoms with van der Waals surface area (Å²) in [5.41, 5.74) is 0.935. The average Bonchev–Trinajstić information content (AvgIpc) is 2.81. The summed E-state index contributed by atoms with van der Waals surface area (Å²) in [5, 5.41) is 2.49. The normalized spacial score (nSPS) is 22.7. The van der Waals surface area contributed by atoms with Gasteiger partial charge in [-0.1, -0.05) is 18.2 Å². The minimum Gasteiger partial charge on any atom is -0.324 e. The van der Waals surface area contributed by atoms with Crippen LogP contribution in [0.4, 0.5) is 10.1 Å². The quantitative estimate of drug-likeness (QED) is 0.681. The average molecular weight is 330 g/mol. The van der Waals surface area contributed by atoms with E-state index in [1.807, 2.05) is 12.2 Å². The lowest BCUT2D eigenvalue weighted by Crippen LogP contribution is -2.34. The lowest BCUT2D eigenvalue weighted by atomic mass is 9.85. The molecule has 3 amide bonds. The van der Waals surface area contributed by atoms with Crippen molar-refractivity contribution < 1.29 is 18.8 Å². The first-order chi connectivity index (χ1) is 11.5. The second kappa shape index (κ2) is 6.55. The first kappa shape index (κ1) is 16.4. The maximum Gasteiger partial charge on any atom is 0.233 e. The van der Waals surface area contributed by atoms with Gasteiger partial charge in [0.05, 0.1) is 17.5 Å². The highest BCUT2D eigenvalue weighted by atomic mass is 19.1. The SMILES string of the molecule is Cc1ccc(F)c(NC(=O)CCN2C(=O)C3CC=CCC3C2=O)c1. The molecular weight excluding hydrogens is 311 g/mol. The second-order valence-electron chi connectivity index (χ2n) is 6.27. The number of imide groups is 1. The third-order valence-corrected chi connectivity index (χ3v) is 4.56. The van der Waals surface area contributed by atoms with Crippen LogP contribution >= 0.6 is 0 Å². The molecule has 1 aliphatic heterocycles. The highest BCUT2D eigenvalue weighted by molar-refractivity contribution is 6.05. The van der Waals surface area contributed by atoms with Crippen molar-refractivity contribution in [1.82, 2.24) is 4.90 Å². The van der Waals surface area contributed by atoms with Crippen LogP contribution in [0.1, 0.15) is 24.8 Å². The first-order valence-electron chi connectivity index (χ1n) is 8.03. The summed E-state index contributed by atoms with van der Waals surface area (Å²) in [6, 6.07) is 4.44. The van der Waals surface area contributed by atoms with Crippen molar-refractivity contribution in [1.29, 1.82) is 0 Å². The number of rotatable bonds is 4. The molecule has 6 heteroatoms. The molecule has 1 N–H and O–H groups in total. The van der Waals surface area contributed by atoms with Crippen molar-refractivity contribution >= 4 is 23.4 Å². The van der Waals surface area contributed by atoms with Crippen LogP contribution in [-0.2, 0) is 14.4 Å². The number of allylic oxidation sites excluding steroid dienone is 2. The van der Waals surface area contributed by atoms with Crippen LogP contribution in [0.2, 0.25) is 0 Å². The van der Waals surface area contributed by atoms with Gasteiger partial charge in [0.1, 0.15) is 5.82 Å². The molecular formula is C18H19FN2O3. The Hall–Kier alpha value is -2.50. The Morgan fingerprint density at radius 3 is 2.46 bits per heavy atom. The Labute approximate surface area is 139 Å². The van der Waals surface area contributed by atoms with Crippen molar-refractivity contribution in [2.24, 2.45) is 11.8 Å². The summed E-state index contributed by atoms with van der Waals surface area (Å²) in [7, 11) is 0. The smallest absolute Gasteiger partial charge is 0.233 e. The van der Waals surface area contributed by atoms with Gasteiger partial charge in [-0.3, -0.25) is 19.3 Å². The summed E-state index contributed by atoms with van der Waals surface area (Å²) >= 11 is 0. The number of aryl methyl sites for hydroxylation is 1. The number of benzene rings is 1. The summed E-state index contributed by atoms with van der Waals surface area (Å²) in [5.74, 6) is -1.93. The van der Waals surface area contributed by atoms with E-state index in [0.717, 1.165) is 5.56 Å². The lowest BCUT2D eigenvalue weighted by Gasteiger charge is -2.14. The van der Waals surface area contributed by atoms with Gasteiger partial charge in [-0.15, -0.1) is 0 Å². The fraction of sp³-hybridized carbons (Fsp3) is 0.389. The Kier molecular flexibility index (Phi) is 4.46. The van der Waals surface area contributed by atoms with E-state index in [-0.39, 0.29) is 42.3 Å². The largest absolute Gasteiger partial charge is 0.324 e. The van der Waals surface area contributed by atoms with Gasteiger partial charge in [0.25, 0.3) is 0 Å². The maximum atomic E-state index is 13.7. The van der Waals surface area contributed by atoms with Crippen LogP contribution in [0.15, 0.2) is 30.4 Å². The van der Waals surface area contributed by atoms with Crippen molar-refractivity contribution in [2.45, 2.75) is 26.2 Å². The van der Waals surface area contributed by atoms with Crippen molar-refractivity contribution in [3.05, 3.63) is 41.7 Å². The van der Waals surface area contributed by atoms with Crippen LogP contribution in [-0.4, -0.2) is 29.2 Å². The topological polar surface area (TPSA) is 66.5 Å². The minimum atomic E-state index is -0.514. The molecule has 0 saturated carbocycles. The zero-order valence-electron chi connectivity index (χ0n) is 13.4. The molecule has 1 fully saturated rings. The zero-order chi connectivity index (χ0) is 17.3. The molecule has 1 heterocycles. The summed E-state index contributed by atoms with van der Waals surface area (Å²) in [4.78, 5) is 37.8. The van der Waals surface area contributed by atoms with E-state index in [2.05, 4.69) is 5.32 Å². The van der Waals surface area contributed by atoms with E-state index < -0.39 is 11.7 Å². The number of hydrogen-bond donors (Lipinski definition) is 1. The molecule has 0 aromatic heterocycles. The standard InChI is InChI=1S/C18H19FN2O3/c1-11-6-7-14(19)15(10-11)20-16(22)8-9-21-17(23)12-4-2-3-5-13(12)18(21)24/h2-3,6-7,10,12-13H,4-5,8-9H2,1H3,(H,20,22). The van der Waals surface area contributed by atoms with Crippen molar-refractivity contribution in [3.8, 4) is 0 Å². The summed E-state index contributed by atoms with van der Waals surface area (Å²) < 4.78 is 13.7. The fourth-order valence-electron chi connectivity index (χ4n) is 3.25. The Balaban J connectivity index is 1.59. The minimum absolute atomic E-state index is 0.0317. The van der Waals surface area contributed by atoms with Crippen molar-refractivity contribution in [2.75, 3.05) is 11.9 Å². The molecule has 1 aliphatic carbocycles. The van der Waals surface area contributed by atoms with Gasteiger partial charge >= 0.3 is 0 Å². The molecule has 1 saturated heterocycles. The number of carbonyl (C=O) groups excluding carboxylic acids is 3. The highest BCUT2D eigenvalue weighted by Crippen LogP contribution is 2.35. The number of nitrogens with one attached hydrogen (secondary N) is 1. The summed E-state index contributed by atoms with van der Waals surface area (Å²) in [6.07, 6.45) is 4.95. The van der Waals surface area contributed by atoms with Crippen LogP contribution in [0.25, 0.3) is 0 Å². The fourth-order valence-corrected chi connectivity index (χ4v) is 3.25. The van der Waals surface area contributed by atoms with Crippen LogP contribution < -0.4 is 5.32 Å². The van der Waals surface area contributed by atoms with Crippen LogP contribution in [0.5, 0.6) is 0 Å². The Morgan fingerprint density at radius 2 is 1.83 bits per heavy atom. The van der Waals surface area contributed by atoms with Gasteiger partial charge in [-0.25, -0.2) is 4.39 Å². The second-order valence-corrected chi connectivity index (χ2v) is 6.27. The Morgan fingerprint density at radius 1 is 1.21 bits per heavy atom. The molecule has 5 nitrogen and oxygen atoms in total. The molecule has 1 aromatic carbocycles. The van der Waals surface area contributed by atoms with E-state index >= 15 is 0 Å². The Bertz CT molecular complexity index is 703. The molecule has 0 spiro atoms. The summed E-state index contributed by atoms with van der Waals surface area (Å²) in [6.45, 7) is 1.83. The molecule has 3 rings (SSSR count). The maximum absolute atomic E-state index is 13.7. The van der Waals surface area contributed by atoms with Crippen LogP contribution in [0.3, 0.4) is 0 Å². The number of nitrogens with zero attached hydrogens (tertiary/aromatic N) is 1. The number of amides is 3. The number of likely N-dealkylation sites (tertiary alicyclic amines) is 1. The lowest BCUT2D eigenvalue weighted by molar-refractivity contribution is -0.140. The molecule has 2 atom stereocenters. The third-order valence-electron chi connectivity index (χ3n) is 4.56. The van der Waals surface area contributed by atoms with Crippen molar-refractivity contribution in [3.63, 3.8) is 0 Å². The van der Waals surface area contributed by atoms with Gasteiger partial charge in [0.15, 0.2) is 0 Å². The van der Waals surface area contributed by atoms with E-state index in [0.29, 0.717) is 12.8 Å². The molecule has 126 valence electrons. The third kappa shape index (κ3) is 3.09. The predicted octanol–water partition coefficient (Wildman–Crippen LogP) is 2.41. The van der Waals surface area contributed by atoms with E-state index in [1.54, 1.807) is 19.1 Å². The molecule has 0 bridgehead atoms. The van der Waals surface area contributed by atoms with Gasteiger partial charge in [-0.2, -0.15) is 0 Å². The van der Waals surface area contributed by atoms with Gasteiger partial charge in [-0.05, 0) is 37.5 Å². The number of hydrogen-bond acceptors (Lipinski definition) is 3.